The fourth-order valence-corrected chi connectivity index (χ4v) is 3.57. The van der Waals surface area contributed by atoms with E-state index in [4.69, 9.17) is 9.15 Å². The maximum Gasteiger partial charge on any atom is 0.292 e. The summed E-state index contributed by atoms with van der Waals surface area (Å²) >= 11 is 0. The zero-order chi connectivity index (χ0) is 18.4. The lowest BCUT2D eigenvalue weighted by atomic mass is 9.99. The van der Waals surface area contributed by atoms with Crippen molar-refractivity contribution in [3.05, 3.63) is 66.2 Å². The van der Waals surface area contributed by atoms with Crippen LogP contribution in [-0.2, 0) is 6.42 Å². The Kier molecular flexibility index (Phi) is 3.46. The van der Waals surface area contributed by atoms with E-state index in [1.54, 1.807) is 22.9 Å². The van der Waals surface area contributed by atoms with Gasteiger partial charge in [-0.3, -0.25) is 4.79 Å². The number of rotatable bonds is 3. The van der Waals surface area contributed by atoms with Crippen LogP contribution in [0.3, 0.4) is 0 Å². The number of aromatic nitrogens is 5. The normalized spacial score (nSPS) is 16.5. The minimum Gasteiger partial charge on any atom is -0.494 e. The summed E-state index contributed by atoms with van der Waals surface area (Å²) in [5.74, 6) is 0.665. The maximum atomic E-state index is 13.0. The van der Waals surface area contributed by atoms with Crippen LogP contribution in [0, 0.1) is 0 Å². The first-order valence-electron chi connectivity index (χ1n) is 8.50. The van der Waals surface area contributed by atoms with Crippen molar-refractivity contribution in [3.8, 4) is 5.75 Å². The minimum atomic E-state index is -0.429. The highest BCUT2D eigenvalue weighted by Crippen LogP contribution is 2.35. The molecule has 1 amide bonds. The van der Waals surface area contributed by atoms with Gasteiger partial charge in [-0.15, -0.1) is 0 Å². The van der Waals surface area contributed by atoms with E-state index in [9.17, 15) is 4.79 Å². The van der Waals surface area contributed by atoms with Crippen LogP contribution in [0.2, 0.25) is 0 Å². The summed E-state index contributed by atoms with van der Waals surface area (Å²) in [6.45, 7) is 0.518. The molecule has 0 radical (unpaired) electrons. The molecular formula is C18H16N6O3. The van der Waals surface area contributed by atoms with E-state index in [0.29, 0.717) is 24.4 Å². The third kappa shape index (κ3) is 2.39. The zero-order valence-electron chi connectivity index (χ0n) is 14.5. The number of hydrogen-bond donors (Lipinski definition) is 1. The number of carbonyl (C=O) groups is 1. The molecule has 9 heteroatoms. The molecule has 9 nitrogen and oxygen atoms in total. The third-order valence-electron chi connectivity index (χ3n) is 4.81. The van der Waals surface area contributed by atoms with Crippen LogP contribution in [0.15, 0.2) is 47.7 Å². The number of nitrogens with one attached hydrogen (secondary N) is 1. The number of carbonyl (C=O) groups excluding carboxylic acids is 1. The fourth-order valence-electron chi connectivity index (χ4n) is 3.57. The molecule has 5 heterocycles. The van der Waals surface area contributed by atoms with E-state index in [1.165, 1.54) is 12.6 Å². The van der Waals surface area contributed by atoms with Gasteiger partial charge < -0.3 is 19.0 Å². The molecule has 1 aliphatic rings. The highest BCUT2D eigenvalue weighted by molar-refractivity contribution is 5.92. The summed E-state index contributed by atoms with van der Waals surface area (Å²) in [6, 6.07) is 5.23. The highest BCUT2D eigenvalue weighted by Gasteiger charge is 2.37. The number of imidazole rings is 1. The Bertz CT molecular complexity index is 1110. The van der Waals surface area contributed by atoms with Crippen LogP contribution in [0.1, 0.15) is 33.7 Å². The zero-order valence-corrected chi connectivity index (χ0v) is 14.5. The Balaban J connectivity index is 1.65. The monoisotopic (exact) mass is 364 g/mol. The molecule has 0 bridgehead atoms. The van der Waals surface area contributed by atoms with E-state index >= 15 is 0 Å². The smallest absolute Gasteiger partial charge is 0.292 e. The first kappa shape index (κ1) is 15.6. The molecule has 1 aliphatic heterocycles. The van der Waals surface area contributed by atoms with Crippen LogP contribution < -0.4 is 4.74 Å². The highest BCUT2D eigenvalue weighted by atomic mass is 16.5. The quantitative estimate of drug-likeness (QED) is 0.595. The predicted octanol–water partition coefficient (Wildman–Crippen LogP) is 1.84. The Morgan fingerprint density at radius 2 is 2.37 bits per heavy atom. The summed E-state index contributed by atoms with van der Waals surface area (Å²) in [4.78, 5) is 26.2. The largest absolute Gasteiger partial charge is 0.494 e. The van der Waals surface area contributed by atoms with Gasteiger partial charge in [0.1, 0.15) is 17.3 Å². The van der Waals surface area contributed by atoms with E-state index in [2.05, 4.69) is 20.1 Å². The molecule has 4 aromatic heterocycles. The van der Waals surface area contributed by atoms with Crippen LogP contribution in [-0.4, -0.2) is 49.0 Å². The number of pyridine rings is 1. The summed E-state index contributed by atoms with van der Waals surface area (Å²) < 4.78 is 12.4. The van der Waals surface area contributed by atoms with Gasteiger partial charge in [-0.2, -0.15) is 5.10 Å². The average molecular weight is 364 g/mol. The minimum absolute atomic E-state index is 0.195. The van der Waals surface area contributed by atoms with E-state index in [0.717, 1.165) is 16.9 Å². The Morgan fingerprint density at radius 1 is 1.44 bits per heavy atom. The summed E-state index contributed by atoms with van der Waals surface area (Å²) in [7, 11) is 1.62. The molecular weight excluding hydrogens is 348 g/mol. The van der Waals surface area contributed by atoms with Crippen molar-refractivity contribution in [1.29, 1.82) is 0 Å². The molecule has 1 N–H and O–H groups in total. The maximum absolute atomic E-state index is 13.0. The van der Waals surface area contributed by atoms with Gasteiger partial charge in [-0.05, 0) is 18.2 Å². The molecule has 0 saturated carbocycles. The number of amides is 1. The molecule has 27 heavy (non-hydrogen) atoms. The number of aromatic amines is 1. The van der Waals surface area contributed by atoms with Gasteiger partial charge in [0.25, 0.3) is 5.91 Å². The molecule has 136 valence electrons. The first-order valence-corrected chi connectivity index (χ1v) is 8.50. The topological polar surface area (TPSA) is 102 Å². The van der Waals surface area contributed by atoms with E-state index in [1.807, 2.05) is 24.4 Å². The molecule has 0 fully saturated rings. The fraction of sp³-hybridized carbons (Fsp3) is 0.222. The number of ether oxygens (including phenoxy) is 1. The summed E-state index contributed by atoms with van der Waals surface area (Å²) in [5.41, 5.74) is 3.33. The second kappa shape index (κ2) is 5.97. The first-order chi connectivity index (χ1) is 13.3. The number of hydrogen-bond acceptors (Lipinski definition) is 6. The molecule has 0 unspecified atom stereocenters. The Morgan fingerprint density at radius 3 is 3.19 bits per heavy atom. The lowest BCUT2D eigenvalue weighted by Gasteiger charge is -2.33. The number of fused-ring (bicyclic) bond motifs is 2. The van der Waals surface area contributed by atoms with Crippen molar-refractivity contribution >= 4 is 11.4 Å². The van der Waals surface area contributed by atoms with Gasteiger partial charge >= 0.3 is 0 Å². The standard InChI is InChI=1S/C18H16N6O3/c1-26-14-3-2-5-24-13(14)7-12(22-24)17-16-11(20-9-21-16)4-6-23(17)18(25)15-8-19-10-27-15/h2-3,5,7-10,17H,4,6H2,1H3,(H,20,21)/t17-/m0/s1. The molecule has 5 rings (SSSR count). The average Bonchev–Trinajstić information content (AvgIpc) is 3.45. The lowest BCUT2D eigenvalue weighted by molar-refractivity contribution is 0.0654. The van der Waals surface area contributed by atoms with Crippen LogP contribution >= 0.6 is 0 Å². The number of methoxy groups -OCH3 is 1. The molecule has 0 aliphatic carbocycles. The van der Waals surface area contributed by atoms with Gasteiger partial charge in [0, 0.05) is 24.9 Å². The van der Waals surface area contributed by atoms with Crippen molar-refractivity contribution in [2.75, 3.05) is 13.7 Å². The summed E-state index contributed by atoms with van der Waals surface area (Å²) in [6.07, 6.45) is 6.85. The van der Waals surface area contributed by atoms with Crippen molar-refractivity contribution in [1.82, 2.24) is 29.5 Å². The van der Waals surface area contributed by atoms with Crippen molar-refractivity contribution in [2.24, 2.45) is 0 Å². The number of H-pyrrole nitrogens is 1. The number of oxazole rings is 1. The molecule has 4 aromatic rings. The Hall–Kier alpha value is -3.62. The van der Waals surface area contributed by atoms with Crippen LogP contribution in [0.5, 0.6) is 5.75 Å². The van der Waals surface area contributed by atoms with E-state index < -0.39 is 6.04 Å². The van der Waals surface area contributed by atoms with E-state index in [-0.39, 0.29) is 11.7 Å². The van der Waals surface area contributed by atoms with Crippen LogP contribution in [0.25, 0.3) is 5.52 Å². The second-order valence-electron chi connectivity index (χ2n) is 6.26. The second-order valence-corrected chi connectivity index (χ2v) is 6.26. The number of nitrogens with zero attached hydrogens (tertiary/aromatic N) is 5. The SMILES string of the molecule is COc1cccn2nc([C@H]3c4nc[nH]c4CCN3C(=O)c3cnco3)cc12. The predicted molar refractivity (Wildman–Crippen MR) is 93.4 cm³/mol. The van der Waals surface area contributed by atoms with Gasteiger partial charge in [-0.1, -0.05) is 0 Å². The Labute approximate surface area is 153 Å². The lowest BCUT2D eigenvalue weighted by Crippen LogP contribution is -2.40. The van der Waals surface area contributed by atoms with Crippen molar-refractivity contribution in [3.63, 3.8) is 0 Å². The van der Waals surface area contributed by atoms with Gasteiger partial charge in [0.2, 0.25) is 5.76 Å². The molecule has 0 saturated heterocycles. The van der Waals surface area contributed by atoms with Crippen molar-refractivity contribution in [2.45, 2.75) is 12.5 Å². The molecule has 0 aromatic carbocycles. The third-order valence-corrected chi connectivity index (χ3v) is 4.81. The molecule has 0 spiro atoms. The van der Waals surface area contributed by atoms with Gasteiger partial charge in [0.05, 0.1) is 31.0 Å². The van der Waals surface area contributed by atoms with Crippen LogP contribution in [0.4, 0.5) is 0 Å². The van der Waals surface area contributed by atoms with Gasteiger partial charge in [-0.25, -0.2) is 14.5 Å². The van der Waals surface area contributed by atoms with Gasteiger partial charge in [0.15, 0.2) is 6.39 Å². The summed E-state index contributed by atoms with van der Waals surface area (Å²) in [5, 5.41) is 4.68. The molecule has 1 atom stereocenters. The van der Waals surface area contributed by atoms with Crippen molar-refractivity contribution < 1.29 is 13.9 Å².